The van der Waals surface area contributed by atoms with Crippen LogP contribution >= 0.6 is 0 Å². The minimum Gasteiger partial charge on any atom is -0.378 e. The van der Waals surface area contributed by atoms with E-state index >= 15 is 0 Å². The lowest BCUT2D eigenvalue weighted by Gasteiger charge is -2.26. The lowest BCUT2D eigenvalue weighted by molar-refractivity contribution is 0.0112. The third-order valence-electron chi connectivity index (χ3n) is 3.17. The molecule has 0 aromatic carbocycles. The Kier molecular flexibility index (Phi) is 6.45. The van der Waals surface area contributed by atoms with Crippen LogP contribution in [0.4, 0.5) is 0 Å². The maximum atomic E-state index is 5.72. The van der Waals surface area contributed by atoms with E-state index in [4.69, 9.17) is 4.74 Å². The summed E-state index contributed by atoms with van der Waals surface area (Å²) >= 11 is 0. The molecule has 0 bridgehead atoms. The molecule has 0 aromatic rings. The monoisotopic (exact) mass is 242 g/mol. The molecule has 1 aliphatic rings. The van der Waals surface area contributed by atoms with Gasteiger partial charge in [0, 0.05) is 24.7 Å². The van der Waals surface area contributed by atoms with Crippen LogP contribution < -0.4 is 10.6 Å². The van der Waals surface area contributed by atoms with Crippen molar-refractivity contribution in [3.63, 3.8) is 0 Å². The van der Waals surface area contributed by atoms with Gasteiger partial charge in [-0.15, -0.1) is 0 Å². The Hall–Kier alpha value is -0.120. The van der Waals surface area contributed by atoms with Gasteiger partial charge in [-0.05, 0) is 59.9 Å². The highest BCUT2D eigenvalue weighted by Crippen LogP contribution is 2.14. The molecule has 0 spiro atoms. The molecule has 0 aliphatic carbocycles. The highest BCUT2D eigenvalue weighted by molar-refractivity contribution is 4.75. The minimum atomic E-state index is 0.211. The second-order valence-electron chi connectivity index (χ2n) is 6.26. The lowest BCUT2D eigenvalue weighted by Crippen LogP contribution is -2.45. The van der Waals surface area contributed by atoms with Gasteiger partial charge in [-0.1, -0.05) is 0 Å². The highest BCUT2D eigenvalue weighted by atomic mass is 16.5. The average Bonchev–Trinajstić information content (AvgIpc) is 2.27. The van der Waals surface area contributed by atoms with Gasteiger partial charge in [-0.2, -0.15) is 0 Å². The van der Waals surface area contributed by atoms with E-state index in [9.17, 15) is 0 Å². The Bertz CT molecular complexity index is 195. The van der Waals surface area contributed by atoms with Crippen molar-refractivity contribution < 1.29 is 4.74 Å². The normalized spacial score (nSPS) is 23.6. The molecule has 1 aliphatic heterocycles. The van der Waals surface area contributed by atoms with E-state index in [0.717, 1.165) is 26.1 Å². The van der Waals surface area contributed by atoms with Crippen LogP contribution in [-0.4, -0.2) is 37.4 Å². The van der Waals surface area contributed by atoms with Crippen molar-refractivity contribution in [2.45, 2.75) is 71.1 Å². The third-order valence-corrected chi connectivity index (χ3v) is 3.17. The van der Waals surface area contributed by atoms with Gasteiger partial charge in [0.15, 0.2) is 0 Å². The first-order valence-corrected chi connectivity index (χ1v) is 7.07. The van der Waals surface area contributed by atoms with Gasteiger partial charge in [0.2, 0.25) is 0 Å². The quantitative estimate of drug-likeness (QED) is 0.750. The van der Waals surface area contributed by atoms with Gasteiger partial charge in [-0.3, -0.25) is 0 Å². The van der Waals surface area contributed by atoms with Gasteiger partial charge in [0.05, 0.1) is 6.10 Å². The SMILES string of the molecule is CC(CNC(C)(C)C)NCCC1CCCCO1. The van der Waals surface area contributed by atoms with E-state index in [1.807, 2.05) is 0 Å². The Labute approximate surface area is 107 Å². The Morgan fingerprint density at radius 1 is 1.29 bits per heavy atom. The maximum Gasteiger partial charge on any atom is 0.0587 e. The molecule has 2 atom stereocenters. The summed E-state index contributed by atoms with van der Waals surface area (Å²) < 4.78 is 5.72. The summed E-state index contributed by atoms with van der Waals surface area (Å²) in [5.41, 5.74) is 0.211. The molecule has 1 rings (SSSR count). The van der Waals surface area contributed by atoms with Crippen molar-refractivity contribution in [3.05, 3.63) is 0 Å². The van der Waals surface area contributed by atoms with E-state index in [-0.39, 0.29) is 5.54 Å². The van der Waals surface area contributed by atoms with Crippen LogP contribution in [0.15, 0.2) is 0 Å². The first-order valence-electron chi connectivity index (χ1n) is 7.07. The maximum absolute atomic E-state index is 5.72. The van der Waals surface area contributed by atoms with Gasteiger partial charge in [0.1, 0.15) is 0 Å². The summed E-state index contributed by atoms with van der Waals surface area (Å²) in [5, 5.41) is 7.08. The predicted molar refractivity (Wildman–Crippen MR) is 73.4 cm³/mol. The van der Waals surface area contributed by atoms with Crippen LogP contribution in [0.25, 0.3) is 0 Å². The molecule has 102 valence electrons. The lowest BCUT2D eigenvalue weighted by atomic mass is 10.1. The Balaban J connectivity index is 2.01. The first-order chi connectivity index (χ1) is 7.97. The van der Waals surface area contributed by atoms with E-state index in [1.54, 1.807) is 0 Å². The van der Waals surface area contributed by atoms with Crippen LogP contribution in [0, 0.1) is 0 Å². The minimum absolute atomic E-state index is 0.211. The molecular formula is C14H30N2O. The number of ether oxygens (including phenoxy) is 1. The smallest absolute Gasteiger partial charge is 0.0587 e. The number of hydrogen-bond acceptors (Lipinski definition) is 3. The van der Waals surface area contributed by atoms with E-state index in [2.05, 4.69) is 38.3 Å². The topological polar surface area (TPSA) is 33.3 Å². The van der Waals surface area contributed by atoms with E-state index < -0.39 is 0 Å². The summed E-state index contributed by atoms with van der Waals surface area (Å²) in [7, 11) is 0. The molecular weight excluding hydrogens is 212 g/mol. The molecule has 1 fully saturated rings. The van der Waals surface area contributed by atoms with Gasteiger partial charge >= 0.3 is 0 Å². The molecule has 1 heterocycles. The van der Waals surface area contributed by atoms with Gasteiger partial charge in [0.25, 0.3) is 0 Å². The van der Waals surface area contributed by atoms with Crippen molar-refractivity contribution in [2.24, 2.45) is 0 Å². The van der Waals surface area contributed by atoms with Crippen molar-refractivity contribution in [2.75, 3.05) is 19.7 Å². The fourth-order valence-corrected chi connectivity index (χ4v) is 2.06. The predicted octanol–water partition coefficient (Wildman–Crippen LogP) is 2.31. The van der Waals surface area contributed by atoms with Crippen molar-refractivity contribution in [3.8, 4) is 0 Å². The molecule has 0 saturated carbocycles. The molecule has 17 heavy (non-hydrogen) atoms. The molecule has 2 N–H and O–H groups in total. The van der Waals surface area contributed by atoms with Crippen molar-refractivity contribution in [1.82, 2.24) is 10.6 Å². The molecule has 3 nitrogen and oxygen atoms in total. The summed E-state index contributed by atoms with van der Waals surface area (Å²) in [4.78, 5) is 0. The van der Waals surface area contributed by atoms with E-state index in [0.29, 0.717) is 12.1 Å². The first kappa shape index (κ1) is 14.9. The largest absolute Gasteiger partial charge is 0.378 e. The Morgan fingerprint density at radius 2 is 2.06 bits per heavy atom. The molecule has 0 aromatic heterocycles. The highest BCUT2D eigenvalue weighted by Gasteiger charge is 2.14. The Morgan fingerprint density at radius 3 is 2.65 bits per heavy atom. The van der Waals surface area contributed by atoms with E-state index in [1.165, 1.54) is 19.3 Å². The third kappa shape index (κ3) is 7.74. The fourth-order valence-electron chi connectivity index (χ4n) is 2.06. The molecule has 1 saturated heterocycles. The van der Waals surface area contributed by atoms with Crippen LogP contribution in [0.5, 0.6) is 0 Å². The van der Waals surface area contributed by atoms with Crippen LogP contribution in [0.1, 0.15) is 53.4 Å². The van der Waals surface area contributed by atoms with Gasteiger partial charge in [-0.25, -0.2) is 0 Å². The fraction of sp³-hybridized carbons (Fsp3) is 1.00. The zero-order valence-electron chi connectivity index (χ0n) is 12.0. The molecule has 2 unspecified atom stereocenters. The summed E-state index contributed by atoms with van der Waals surface area (Å²) in [6.45, 7) is 11.9. The van der Waals surface area contributed by atoms with Crippen LogP contribution in [0.2, 0.25) is 0 Å². The molecule has 0 amide bonds. The average molecular weight is 242 g/mol. The van der Waals surface area contributed by atoms with Crippen molar-refractivity contribution >= 4 is 0 Å². The zero-order valence-corrected chi connectivity index (χ0v) is 12.0. The number of rotatable bonds is 6. The summed E-state index contributed by atoms with van der Waals surface area (Å²) in [5.74, 6) is 0. The van der Waals surface area contributed by atoms with Crippen LogP contribution in [0.3, 0.4) is 0 Å². The number of nitrogens with one attached hydrogen (secondary N) is 2. The van der Waals surface area contributed by atoms with Gasteiger partial charge < -0.3 is 15.4 Å². The number of hydrogen-bond donors (Lipinski definition) is 2. The molecule has 3 heteroatoms. The second kappa shape index (κ2) is 7.34. The standard InChI is InChI=1S/C14H30N2O/c1-12(11-16-14(2,3)4)15-9-8-13-7-5-6-10-17-13/h12-13,15-16H,5-11H2,1-4H3. The van der Waals surface area contributed by atoms with Crippen molar-refractivity contribution in [1.29, 1.82) is 0 Å². The zero-order chi connectivity index (χ0) is 12.7. The summed E-state index contributed by atoms with van der Waals surface area (Å²) in [6, 6.07) is 0.526. The summed E-state index contributed by atoms with van der Waals surface area (Å²) in [6.07, 6.45) is 5.48. The second-order valence-corrected chi connectivity index (χ2v) is 6.26. The molecule has 0 radical (unpaired) electrons. The van der Waals surface area contributed by atoms with Crippen LogP contribution in [-0.2, 0) is 4.74 Å².